The SMILES string of the molecule is CN1C=CN(CCc2cc(-c3cccs3)sc2-c2ccc(-c3sc(-c4cccs4)cc3CCN3C=CN(C)C3)s2)C1.Cc1ccc(S(=O)(=O)[O-])cc1.Cc1ccc(S(=O)(=O)[O-])cc1. The zero-order valence-corrected chi connectivity index (χ0v) is 40.8. The highest BCUT2D eigenvalue weighted by atomic mass is 32.2. The average Bonchev–Trinajstić information content (AvgIpc) is 4.09. The first kappa shape index (κ1) is 46.4. The highest BCUT2D eigenvalue weighted by Crippen LogP contribution is 2.47. The summed E-state index contributed by atoms with van der Waals surface area (Å²) in [4.78, 5) is 20.1. The maximum absolute atomic E-state index is 10.4. The Kier molecular flexibility index (Phi) is 15.1. The molecule has 9 rings (SSSR count). The van der Waals surface area contributed by atoms with E-state index >= 15 is 0 Å². The van der Waals surface area contributed by atoms with E-state index in [1.165, 1.54) is 74.4 Å². The van der Waals surface area contributed by atoms with Crippen LogP contribution in [0.5, 0.6) is 0 Å². The van der Waals surface area contributed by atoms with Crippen LogP contribution < -0.4 is 0 Å². The summed E-state index contributed by atoms with van der Waals surface area (Å²) in [7, 11) is -4.27. The molecule has 0 saturated carbocycles. The van der Waals surface area contributed by atoms with Gasteiger partial charge >= 0.3 is 0 Å². The molecule has 17 heteroatoms. The number of thiophene rings is 5. The third kappa shape index (κ3) is 12.6. The summed E-state index contributed by atoms with van der Waals surface area (Å²) in [6, 6.07) is 30.0. The van der Waals surface area contributed by atoms with Gasteiger partial charge in [0.05, 0.1) is 23.1 Å². The molecule has 0 amide bonds. The molecule has 7 aromatic rings. The van der Waals surface area contributed by atoms with Crippen molar-refractivity contribution in [1.82, 2.24) is 19.6 Å². The van der Waals surface area contributed by atoms with Crippen molar-refractivity contribution in [3.05, 3.63) is 155 Å². The van der Waals surface area contributed by atoms with E-state index in [-0.39, 0.29) is 9.79 Å². The van der Waals surface area contributed by atoms with Crippen molar-refractivity contribution in [2.24, 2.45) is 0 Å². The molecule has 2 aliphatic heterocycles. The Bertz CT molecular complexity index is 2670. The quantitative estimate of drug-likeness (QED) is 0.109. The molecular formula is C46H46N4O6S7-2. The summed E-state index contributed by atoms with van der Waals surface area (Å²) in [6.07, 6.45) is 10.9. The van der Waals surface area contributed by atoms with Crippen molar-refractivity contribution in [1.29, 1.82) is 0 Å². The van der Waals surface area contributed by atoms with Gasteiger partial charge in [-0.25, -0.2) is 16.8 Å². The van der Waals surface area contributed by atoms with Crippen molar-refractivity contribution >= 4 is 76.9 Å². The molecule has 0 saturated heterocycles. The molecule has 0 atom stereocenters. The molecule has 10 nitrogen and oxygen atoms in total. The molecule has 330 valence electrons. The molecule has 2 aliphatic rings. The number of hydrogen-bond donors (Lipinski definition) is 0. The van der Waals surface area contributed by atoms with Crippen molar-refractivity contribution in [2.45, 2.75) is 36.5 Å². The van der Waals surface area contributed by atoms with Crippen LogP contribution in [0.1, 0.15) is 22.3 Å². The predicted octanol–water partition coefficient (Wildman–Crippen LogP) is 10.9. The molecule has 2 aromatic carbocycles. The van der Waals surface area contributed by atoms with Crippen LogP contribution in [0.3, 0.4) is 0 Å². The van der Waals surface area contributed by atoms with Crippen LogP contribution in [0.15, 0.2) is 142 Å². The lowest BCUT2D eigenvalue weighted by Crippen LogP contribution is -2.24. The van der Waals surface area contributed by atoms with Gasteiger partial charge in [-0.1, -0.05) is 47.5 Å². The molecule has 0 spiro atoms. The van der Waals surface area contributed by atoms with Crippen molar-refractivity contribution in [3.63, 3.8) is 0 Å². The van der Waals surface area contributed by atoms with Gasteiger partial charge in [0.15, 0.2) is 0 Å². The molecule has 0 bridgehead atoms. The summed E-state index contributed by atoms with van der Waals surface area (Å²) < 4.78 is 62.3. The summed E-state index contributed by atoms with van der Waals surface area (Å²) in [6.45, 7) is 7.65. The van der Waals surface area contributed by atoms with E-state index in [0.29, 0.717) is 0 Å². The summed E-state index contributed by atoms with van der Waals surface area (Å²) >= 11 is 9.54. The van der Waals surface area contributed by atoms with Crippen LogP contribution in [-0.2, 0) is 33.1 Å². The van der Waals surface area contributed by atoms with E-state index in [1.807, 2.05) is 70.5 Å². The van der Waals surface area contributed by atoms with Crippen molar-refractivity contribution in [2.75, 3.05) is 40.5 Å². The third-order valence-electron chi connectivity index (χ3n) is 10.0. The topological polar surface area (TPSA) is 127 Å². The zero-order valence-electron chi connectivity index (χ0n) is 35.0. The number of benzene rings is 2. The molecule has 0 fully saturated rings. The minimum atomic E-state index is -4.27. The summed E-state index contributed by atoms with van der Waals surface area (Å²) in [5.74, 6) is 0. The van der Waals surface area contributed by atoms with Gasteiger partial charge in [0.25, 0.3) is 0 Å². The molecule has 0 N–H and O–H groups in total. The van der Waals surface area contributed by atoms with Crippen LogP contribution in [0.4, 0.5) is 0 Å². The van der Waals surface area contributed by atoms with Gasteiger partial charge in [-0.05, 0) is 109 Å². The normalized spacial score (nSPS) is 13.7. The van der Waals surface area contributed by atoms with Gasteiger partial charge in [0.1, 0.15) is 20.2 Å². The first-order valence-corrected chi connectivity index (χ1v) is 26.9. The Labute approximate surface area is 390 Å². The molecular weight excluding hydrogens is 929 g/mol. The van der Waals surface area contributed by atoms with Crippen LogP contribution in [0.25, 0.3) is 39.0 Å². The zero-order chi connectivity index (χ0) is 44.7. The van der Waals surface area contributed by atoms with Gasteiger partial charge in [0.2, 0.25) is 0 Å². The second kappa shape index (κ2) is 20.5. The Morgan fingerprint density at radius 1 is 0.508 bits per heavy atom. The number of nitrogens with zero attached hydrogens (tertiary/aromatic N) is 4. The molecule has 63 heavy (non-hydrogen) atoms. The van der Waals surface area contributed by atoms with E-state index in [2.05, 4.69) is 118 Å². The van der Waals surface area contributed by atoms with E-state index in [1.54, 1.807) is 24.3 Å². The Morgan fingerprint density at radius 3 is 1.22 bits per heavy atom. The van der Waals surface area contributed by atoms with Gasteiger partial charge in [-0.3, -0.25) is 0 Å². The van der Waals surface area contributed by atoms with E-state index in [9.17, 15) is 25.9 Å². The highest BCUT2D eigenvalue weighted by molar-refractivity contribution is 7.86. The maximum Gasteiger partial charge on any atom is 0.124 e. The maximum atomic E-state index is 10.4. The number of hydrogen-bond acceptors (Lipinski definition) is 15. The van der Waals surface area contributed by atoms with Crippen molar-refractivity contribution in [3.8, 4) is 39.0 Å². The van der Waals surface area contributed by atoms with Gasteiger partial charge < -0.3 is 28.7 Å². The van der Waals surface area contributed by atoms with Crippen LogP contribution in [0.2, 0.25) is 0 Å². The molecule has 0 radical (unpaired) electrons. The second-order valence-electron chi connectivity index (χ2n) is 15.1. The fourth-order valence-electron chi connectivity index (χ4n) is 6.71. The van der Waals surface area contributed by atoms with Crippen LogP contribution in [-0.4, -0.2) is 86.1 Å². The largest absolute Gasteiger partial charge is 0.744 e. The lowest BCUT2D eigenvalue weighted by atomic mass is 10.1. The number of aryl methyl sites for hydroxylation is 2. The minimum absolute atomic E-state index is 0.178. The Balaban J connectivity index is 0.000000221. The molecule has 0 unspecified atom stereocenters. The Morgan fingerprint density at radius 2 is 0.905 bits per heavy atom. The summed E-state index contributed by atoms with van der Waals surface area (Å²) in [5, 5.41) is 4.37. The average molecular weight is 975 g/mol. The van der Waals surface area contributed by atoms with Crippen LogP contribution >= 0.6 is 56.7 Å². The third-order valence-corrected chi connectivity index (χ3v) is 17.7. The lowest BCUT2D eigenvalue weighted by Gasteiger charge is -2.18. The first-order valence-electron chi connectivity index (χ1n) is 19.8. The van der Waals surface area contributed by atoms with Crippen molar-refractivity contribution < 1.29 is 25.9 Å². The van der Waals surface area contributed by atoms with E-state index in [0.717, 1.165) is 50.4 Å². The fourth-order valence-corrected chi connectivity index (χ4v) is 13.0. The molecule has 7 heterocycles. The smallest absolute Gasteiger partial charge is 0.124 e. The van der Waals surface area contributed by atoms with Gasteiger partial charge in [0, 0.05) is 91.0 Å². The second-order valence-corrected chi connectivity index (χ2v) is 22.9. The monoisotopic (exact) mass is 974 g/mol. The Hall–Kier alpha value is -4.56. The number of rotatable bonds is 12. The summed E-state index contributed by atoms with van der Waals surface area (Å²) in [5.41, 5.74) is 4.78. The van der Waals surface area contributed by atoms with Gasteiger partial charge in [-0.15, -0.1) is 56.7 Å². The molecule has 5 aromatic heterocycles. The standard InChI is InChI=1S/C32H32N4S5.2C7H8O3S/c1-33-13-15-35(21-33)11-9-23-19-29(25-5-3-17-37-25)40-31(23)27-7-8-28(39-27)32-24(10-12-36-16-14-34(2)22-36)20-30(41-32)26-6-4-18-38-26;2*1-6-2-4-7(5-3-6)11(8,9)10/h3-8,13-20H,9-12,21-22H2,1-2H3;2*2-5H,1H3,(H,8,9,10)/p-2. The van der Waals surface area contributed by atoms with E-state index in [4.69, 9.17) is 0 Å². The minimum Gasteiger partial charge on any atom is -0.744 e. The first-order chi connectivity index (χ1) is 30.1. The van der Waals surface area contributed by atoms with E-state index < -0.39 is 20.2 Å². The highest BCUT2D eigenvalue weighted by Gasteiger charge is 2.20. The fraction of sp³-hybridized carbons (Fsp3) is 0.217. The van der Waals surface area contributed by atoms with Gasteiger partial charge in [-0.2, -0.15) is 0 Å². The predicted molar refractivity (Wildman–Crippen MR) is 260 cm³/mol. The molecule has 0 aliphatic carbocycles. The van der Waals surface area contributed by atoms with Crippen LogP contribution in [0, 0.1) is 13.8 Å². The lowest BCUT2D eigenvalue weighted by molar-refractivity contribution is 0.299.